The lowest BCUT2D eigenvalue weighted by Gasteiger charge is -2.22. The molecule has 11 heteroatoms. The highest BCUT2D eigenvalue weighted by molar-refractivity contribution is 7.94. The van der Waals surface area contributed by atoms with E-state index in [1.165, 1.54) is 49.6 Å². The third kappa shape index (κ3) is 6.31. The van der Waals surface area contributed by atoms with Gasteiger partial charge in [0.05, 0.1) is 17.0 Å². The van der Waals surface area contributed by atoms with Crippen LogP contribution in [0.3, 0.4) is 0 Å². The number of halogens is 2. The summed E-state index contributed by atoms with van der Waals surface area (Å²) in [5.41, 5.74) is 0.645. The van der Waals surface area contributed by atoms with Crippen LogP contribution >= 0.6 is 23.2 Å². The van der Waals surface area contributed by atoms with Crippen LogP contribution < -0.4 is 14.8 Å². The van der Waals surface area contributed by atoms with Gasteiger partial charge in [0, 0.05) is 16.8 Å². The van der Waals surface area contributed by atoms with Crippen molar-refractivity contribution in [1.29, 1.82) is 0 Å². The number of anilines is 1. The standard InChI is InChI=1S/C25H19Cl2N2O6S/c1-33-19-7-3-18(4-8-19)29-36(31,32)21-10-5-17(6-11-21)28-25(30)23-13-9-20(35-23)15-34-24-14-16(26)2-12-22(24)27/h2-14H,15H2,1H3,(H,28,30)/q-1. The molecule has 0 saturated carbocycles. The van der Waals surface area contributed by atoms with Gasteiger partial charge in [-0.3, -0.25) is 4.79 Å². The highest BCUT2D eigenvalue weighted by Gasteiger charge is 2.13. The zero-order valence-corrected chi connectivity index (χ0v) is 21.1. The lowest BCUT2D eigenvalue weighted by Crippen LogP contribution is -2.11. The lowest BCUT2D eigenvalue weighted by molar-refractivity contribution is 0.0992. The van der Waals surface area contributed by atoms with Crippen molar-refractivity contribution < 1.29 is 27.1 Å². The zero-order valence-electron chi connectivity index (χ0n) is 18.8. The van der Waals surface area contributed by atoms with Gasteiger partial charge >= 0.3 is 0 Å². The van der Waals surface area contributed by atoms with Crippen molar-refractivity contribution in [2.45, 2.75) is 11.5 Å². The Bertz CT molecular complexity index is 1470. The molecular weight excluding hydrogens is 527 g/mol. The fraction of sp³-hybridized carbons (Fsp3) is 0.0800. The number of carbonyl (C=O) groups excluding carboxylic acids is 1. The van der Waals surface area contributed by atoms with Crippen LogP contribution in [0.4, 0.5) is 11.4 Å². The molecular formula is C25H19Cl2N2O6S-. The summed E-state index contributed by atoms with van der Waals surface area (Å²) in [6.07, 6.45) is 0. The molecule has 0 aliphatic rings. The van der Waals surface area contributed by atoms with Gasteiger partial charge in [0.1, 0.15) is 33.9 Å². The van der Waals surface area contributed by atoms with Crippen LogP contribution in [0.25, 0.3) is 4.72 Å². The Morgan fingerprint density at radius 3 is 2.39 bits per heavy atom. The molecule has 4 rings (SSSR count). The van der Waals surface area contributed by atoms with Gasteiger partial charge in [-0.25, -0.2) is 8.42 Å². The van der Waals surface area contributed by atoms with Gasteiger partial charge in [0.2, 0.25) is 0 Å². The minimum Gasteiger partial charge on any atom is -0.573 e. The van der Waals surface area contributed by atoms with Crippen molar-refractivity contribution in [3.8, 4) is 11.5 Å². The third-order valence-corrected chi connectivity index (χ3v) is 6.72. The number of sulfonamides is 1. The van der Waals surface area contributed by atoms with Crippen LogP contribution in [0, 0.1) is 0 Å². The predicted molar refractivity (Wildman–Crippen MR) is 137 cm³/mol. The minimum absolute atomic E-state index is 0.0200. The molecule has 4 aromatic rings. The Balaban J connectivity index is 1.36. The second-order valence-electron chi connectivity index (χ2n) is 7.37. The number of benzene rings is 3. The molecule has 36 heavy (non-hydrogen) atoms. The Labute approximate surface area is 217 Å². The number of furan rings is 1. The fourth-order valence-corrected chi connectivity index (χ4v) is 4.37. The van der Waals surface area contributed by atoms with E-state index in [1.807, 2.05) is 0 Å². The van der Waals surface area contributed by atoms with Crippen molar-refractivity contribution in [3.05, 3.63) is 105 Å². The average molecular weight is 546 g/mol. The summed E-state index contributed by atoms with van der Waals surface area (Å²) in [6, 6.07) is 19.9. The molecule has 1 heterocycles. The van der Waals surface area contributed by atoms with Gasteiger partial charge in [-0.15, -0.1) is 5.69 Å². The van der Waals surface area contributed by atoms with E-state index in [0.29, 0.717) is 33.0 Å². The van der Waals surface area contributed by atoms with Gasteiger partial charge in [0.15, 0.2) is 5.76 Å². The number of amides is 1. The SMILES string of the molecule is COc1ccc([N-]S(=O)(=O)c2ccc(NC(=O)c3ccc(COc4cc(Cl)ccc4Cl)o3)cc2)cc1. The van der Waals surface area contributed by atoms with Gasteiger partial charge in [-0.2, -0.15) is 0 Å². The molecule has 3 aromatic carbocycles. The molecule has 0 spiro atoms. The molecule has 0 unspecified atom stereocenters. The number of nitrogens with one attached hydrogen (secondary N) is 1. The normalized spacial score (nSPS) is 11.1. The summed E-state index contributed by atoms with van der Waals surface area (Å²) in [4.78, 5) is 12.5. The lowest BCUT2D eigenvalue weighted by atomic mass is 10.3. The molecule has 0 radical (unpaired) electrons. The largest absolute Gasteiger partial charge is 0.573 e. The van der Waals surface area contributed by atoms with Crippen LogP contribution in [0.15, 0.2) is 88.2 Å². The van der Waals surface area contributed by atoms with Crippen molar-refractivity contribution >= 4 is 50.5 Å². The van der Waals surface area contributed by atoms with E-state index in [0.717, 1.165) is 0 Å². The quantitative estimate of drug-likeness (QED) is 0.247. The molecule has 8 nitrogen and oxygen atoms in total. The Morgan fingerprint density at radius 1 is 0.972 bits per heavy atom. The maximum absolute atomic E-state index is 12.6. The number of nitrogens with zero attached hydrogens (tertiary/aromatic N) is 1. The van der Waals surface area contributed by atoms with Crippen molar-refractivity contribution in [2.24, 2.45) is 0 Å². The number of hydrogen-bond donors (Lipinski definition) is 1. The summed E-state index contributed by atoms with van der Waals surface area (Å²) >= 11 is 12.0. The Hall–Kier alpha value is -3.66. The molecule has 0 aliphatic heterocycles. The Morgan fingerprint density at radius 2 is 1.69 bits per heavy atom. The highest BCUT2D eigenvalue weighted by atomic mass is 35.5. The molecule has 0 atom stereocenters. The molecule has 0 saturated heterocycles. The maximum atomic E-state index is 12.6. The van der Waals surface area contributed by atoms with Crippen LogP contribution in [0.1, 0.15) is 16.3 Å². The van der Waals surface area contributed by atoms with E-state index in [2.05, 4.69) is 10.0 Å². The zero-order chi connectivity index (χ0) is 25.7. The van der Waals surface area contributed by atoms with Crippen LogP contribution in [-0.2, 0) is 16.6 Å². The maximum Gasteiger partial charge on any atom is 0.291 e. The first-order valence-corrected chi connectivity index (χ1v) is 12.6. The first-order valence-electron chi connectivity index (χ1n) is 10.4. The van der Waals surface area contributed by atoms with Crippen LogP contribution in [0.2, 0.25) is 10.0 Å². The van der Waals surface area contributed by atoms with Gasteiger partial charge in [0.25, 0.3) is 5.91 Å². The summed E-state index contributed by atoms with van der Waals surface area (Å²) in [5.74, 6) is 0.920. The summed E-state index contributed by atoms with van der Waals surface area (Å²) in [7, 11) is -2.43. The highest BCUT2D eigenvalue weighted by Crippen LogP contribution is 2.30. The van der Waals surface area contributed by atoms with Crippen LogP contribution in [0.5, 0.6) is 11.5 Å². The summed E-state index contributed by atoms with van der Waals surface area (Å²) < 4.78 is 45.2. The summed E-state index contributed by atoms with van der Waals surface area (Å²) in [5, 5.41) is 3.52. The molecule has 0 bridgehead atoms. The number of rotatable bonds is 9. The molecule has 1 aromatic heterocycles. The number of carbonyl (C=O) groups is 1. The monoisotopic (exact) mass is 545 g/mol. The summed E-state index contributed by atoms with van der Waals surface area (Å²) in [6.45, 7) is 0.0393. The molecule has 1 N–H and O–H groups in total. The fourth-order valence-electron chi connectivity index (χ4n) is 3.05. The topological polar surface area (TPSA) is 109 Å². The number of hydrogen-bond acceptors (Lipinski definition) is 6. The first kappa shape index (κ1) is 25.4. The van der Waals surface area contributed by atoms with Crippen molar-refractivity contribution in [1.82, 2.24) is 0 Å². The van der Waals surface area contributed by atoms with Gasteiger partial charge in [-0.1, -0.05) is 35.3 Å². The van der Waals surface area contributed by atoms with Crippen LogP contribution in [-0.4, -0.2) is 21.4 Å². The smallest absolute Gasteiger partial charge is 0.291 e. The predicted octanol–water partition coefficient (Wildman–Crippen LogP) is 6.82. The number of ether oxygens (including phenoxy) is 2. The van der Waals surface area contributed by atoms with E-state index < -0.39 is 15.9 Å². The van der Waals surface area contributed by atoms with E-state index >= 15 is 0 Å². The van der Waals surface area contributed by atoms with Gasteiger partial charge < -0.3 is 23.9 Å². The van der Waals surface area contributed by atoms with Crippen molar-refractivity contribution in [3.63, 3.8) is 0 Å². The average Bonchev–Trinajstić information content (AvgIpc) is 3.34. The minimum atomic E-state index is -3.94. The molecule has 0 fully saturated rings. The number of methoxy groups -OCH3 is 1. The second-order valence-corrected chi connectivity index (χ2v) is 9.82. The van der Waals surface area contributed by atoms with E-state index in [4.69, 9.17) is 37.1 Å². The molecule has 0 aliphatic carbocycles. The molecule has 1 amide bonds. The third-order valence-electron chi connectivity index (χ3n) is 4.86. The first-order chi connectivity index (χ1) is 17.2. The van der Waals surface area contributed by atoms with Gasteiger partial charge in [-0.05, 0) is 60.7 Å². The van der Waals surface area contributed by atoms with E-state index in [1.54, 1.807) is 36.4 Å². The Kier molecular flexibility index (Phi) is 7.73. The van der Waals surface area contributed by atoms with Crippen molar-refractivity contribution in [2.75, 3.05) is 12.4 Å². The second kappa shape index (κ2) is 10.9. The molecule has 186 valence electrons. The van der Waals surface area contributed by atoms with E-state index in [-0.39, 0.29) is 22.9 Å². The van der Waals surface area contributed by atoms with E-state index in [9.17, 15) is 13.2 Å².